The van der Waals surface area contributed by atoms with Gasteiger partial charge in [0, 0.05) is 36.8 Å². The largest absolute Gasteiger partial charge is 0.301 e. The molecule has 7 nitrogen and oxygen atoms in total. The van der Waals surface area contributed by atoms with Crippen LogP contribution in [-0.4, -0.2) is 47.6 Å². The fraction of sp³-hybridized carbons (Fsp3) is 0.381. The Morgan fingerprint density at radius 1 is 1.10 bits per heavy atom. The summed E-state index contributed by atoms with van der Waals surface area (Å²) in [4.78, 5) is 21.3. The number of hydrogen-bond donors (Lipinski definition) is 1. The number of sulfonamides is 1. The lowest BCUT2D eigenvalue weighted by Gasteiger charge is -2.21. The fourth-order valence-electron chi connectivity index (χ4n) is 3.15. The summed E-state index contributed by atoms with van der Waals surface area (Å²) >= 11 is 1.49. The summed E-state index contributed by atoms with van der Waals surface area (Å²) in [5, 5.41) is 3.38. The van der Waals surface area contributed by atoms with Gasteiger partial charge in [-0.3, -0.25) is 14.8 Å². The molecule has 1 N–H and O–H groups in total. The van der Waals surface area contributed by atoms with E-state index >= 15 is 0 Å². The molecule has 1 amide bonds. The lowest BCUT2D eigenvalue weighted by molar-refractivity contribution is 0.0978. The van der Waals surface area contributed by atoms with Crippen molar-refractivity contribution in [1.82, 2.24) is 14.6 Å². The Morgan fingerprint density at radius 2 is 1.73 bits per heavy atom. The third-order valence-electron chi connectivity index (χ3n) is 4.66. The van der Waals surface area contributed by atoms with Crippen molar-refractivity contribution < 1.29 is 13.2 Å². The molecule has 0 spiro atoms. The molecular formula is C21H26N4O3S2. The van der Waals surface area contributed by atoms with E-state index in [4.69, 9.17) is 0 Å². The van der Waals surface area contributed by atoms with E-state index in [1.165, 1.54) is 28.2 Å². The van der Waals surface area contributed by atoms with E-state index in [0.29, 0.717) is 23.8 Å². The maximum atomic E-state index is 12.8. The molecule has 9 heteroatoms. The van der Waals surface area contributed by atoms with E-state index in [1.807, 2.05) is 26.0 Å². The maximum Gasteiger partial charge on any atom is 0.257 e. The Morgan fingerprint density at radius 3 is 2.33 bits per heavy atom. The van der Waals surface area contributed by atoms with Crippen LogP contribution in [0.3, 0.4) is 0 Å². The van der Waals surface area contributed by atoms with Crippen molar-refractivity contribution in [3.63, 3.8) is 0 Å². The first-order valence-electron chi connectivity index (χ1n) is 9.97. The molecule has 1 atom stereocenters. The van der Waals surface area contributed by atoms with Crippen LogP contribution in [0.2, 0.25) is 0 Å². The topological polar surface area (TPSA) is 91.7 Å². The minimum absolute atomic E-state index is 0.0102. The van der Waals surface area contributed by atoms with Crippen molar-refractivity contribution in [3.05, 3.63) is 59.9 Å². The second-order valence-electron chi connectivity index (χ2n) is 6.92. The third kappa shape index (κ3) is 5.27. The highest BCUT2D eigenvalue weighted by Crippen LogP contribution is 2.29. The SMILES string of the molecule is CCCN(CCC)S(=O)(=O)c1ccc(C(=O)NC2=NC(c3ccncc3)CS2)cc1. The first-order chi connectivity index (χ1) is 14.5. The predicted octanol–water partition coefficient (Wildman–Crippen LogP) is 3.47. The van der Waals surface area contributed by atoms with Gasteiger partial charge in [0.1, 0.15) is 0 Å². The Labute approximate surface area is 182 Å². The summed E-state index contributed by atoms with van der Waals surface area (Å²) in [6.45, 7) is 4.87. The summed E-state index contributed by atoms with van der Waals surface area (Å²) in [5.41, 5.74) is 1.45. The molecule has 1 aromatic heterocycles. The van der Waals surface area contributed by atoms with Gasteiger partial charge < -0.3 is 5.32 Å². The summed E-state index contributed by atoms with van der Waals surface area (Å²) in [6, 6.07) is 9.89. The average molecular weight is 447 g/mol. The van der Waals surface area contributed by atoms with E-state index in [0.717, 1.165) is 24.2 Å². The molecule has 2 heterocycles. The molecule has 160 valence electrons. The molecular weight excluding hydrogens is 420 g/mol. The number of hydrogen-bond acceptors (Lipinski definition) is 6. The van der Waals surface area contributed by atoms with Gasteiger partial charge in [-0.15, -0.1) is 0 Å². The molecule has 1 aliphatic rings. The number of benzene rings is 1. The van der Waals surface area contributed by atoms with E-state index < -0.39 is 10.0 Å². The van der Waals surface area contributed by atoms with Gasteiger partial charge in [-0.25, -0.2) is 8.42 Å². The molecule has 1 aromatic carbocycles. The third-order valence-corrected chi connectivity index (χ3v) is 7.54. The monoisotopic (exact) mass is 446 g/mol. The number of thioether (sulfide) groups is 1. The molecule has 0 saturated carbocycles. The molecule has 0 fully saturated rings. The van der Waals surface area contributed by atoms with Gasteiger partial charge in [0.2, 0.25) is 10.0 Å². The number of nitrogens with one attached hydrogen (secondary N) is 1. The molecule has 0 radical (unpaired) electrons. The lowest BCUT2D eigenvalue weighted by Crippen LogP contribution is -2.32. The van der Waals surface area contributed by atoms with Gasteiger partial charge in [0.25, 0.3) is 5.91 Å². The van der Waals surface area contributed by atoms with E-state index in [2.05, 4.69) is 15.3 Å². The number of carbonyl (C=O) groups is 1. The molecule has 1 aliphatic heterocycles. The molecule has 2 aromatic rings. The zero-order chi connectivity index (χ0) is 21.6. The lowest BCUT2D eigenvalue weighted by atomic mass is 10.1. The zero-order valence-corrected chi connectivity index (χ0v) is 18.7. The molecule has 0 aliphatic carbocycles. The number of pyridine rings is 1. The second-order valence-corrected chi connectivity index (χ2v) is 9.87. The van der Waals surface area contributed by atoms with Crippen molar-refractivity contribution in [2.75, 3.05) is 18.8 Å². The number of aromatic nitrogens is 1. The van der Waals surface area contributed by atoms with Crippen LogP contribution in [0.25, 0.3) is 0 Å². The van der Waals surface area contributed by atoms with Crippen LogP contribution in [-0.2, 0) is 10.0 Å². The van der Waals surface area contributed by atoms with Crippen LogP contribution in [0.5, 0.6) is 0 Å². The van der Waals surface area contributed by atoms with Crippen molar-refractivity contribution >= 4 is 32.9 Å². The standard InChI is InChI=1S/C21H26N4O3S2/c1-3-13-25(14-4-2)30(27,28)18-7-5-17(6-8-18)20(26)24-21-23-19(15-29-21)16-9-11-22-12-10-16/h5-12,19H,3-4,13-15H2,1-2H3,(H,23,24,26). The molecule has 0 bridgehead atoms. The highest BCUT2D eigenvalue weighted by atomic mass is 32.2. The Balaban J connectivity index is 1.68. The molecule has 0 saturated heterocycles. The van der Waals surface area contributed by atoms with Gasteiger partial charge in [-0.2, -0.15) is 4.31 Å². The maximum absolute atomic E-state index is 12.8. The first kappa shape index (κ1) is 22.5. The Hall–Kier alpha value is -2.23. The van der Waals surface area contributed by atoms with Crippen LogP contribution in [0.4, 0.5) is 0 Å². The van der Waals surface area contributed by atoms with Crippen molar-refractivity contribution in [2.45, 2.75) is 37.6 Å². The van der Waals surface area contributed by atoms with Crippen LogP contribution in [0.15, 0.2) is 58.7 Å². The van der Waals surface area contributed by atoms with Crippen molar-refractivity contribution in [1.29, 1.82) is 0 Å². The number of carbonyl (C=O) groups excluding carboxylic acids is 1. The summed E-state index contributed by atoms with van der Waals surface area (Å²) in [7, 11) is -3.56. The predicted molar refractivity (Wildman–Crippen MR) is 120 cm³/mol. The van der Waals surface area contributed by atoms with Crippen LogP contribution in [0.1, 0.15) is 48.7 Å². The normalized spacial score (nSPS) is 16.5. The first-order valence-corrected chi connectivity index (χ1v) is 12.4. The van der Waals surface area contributed by atoms with Gasteiger partial charge in [0.05, 0.1) is 10.9 Å². The van der Waals surface area contributed by atoms with E-state index in [9.17, 15) is 13.2 Å². The molecule has 30 heavy (non-hydrogen) atoms. The minimum Gasteiger partial charge on any atom is -0.301 e. The number of rotatable bonds is 8. The average Bonchev–Trinajstić information content (AvgIpc) is 3.23. The summed E-state index contributed by atoms with van der Waals surface area (Å²) < 4.78 is 27.2. The zero-order valence-electron chi connectivity index (χ0n) is 17.1. The van der Waals surface area contributed by atoms with Crippen molar-refractivity contribution in [2.24, 2.45) is 4.99 Å². The summed E-state index contributed by atoms with van der Waals surface area (Å²) in [5.74, 6) is 0.446. The summed E-state index contributed by atoms with van der Waals surface area (Å²) in [6.07, 6.45) is 4.95. The van der Waals surface area contributed by atoms with Crippen LogP contribution < -0.4 is 5.32 Å². The van der Waals surface area contributed by atoms with Crippen LogP contribution in [0, 0.1) is 0 Å². The minimum atomic E-state index is -3.56. The highest BCUT2D eigenvalue weighted by molar-refractivity contribution is 8.14. The molecule has 1 unspecified atom stereocenters. The highest BCUT2D eigenvalue weighted by Gasteiger charge is 2.24. The smallest absolute Gasteiger partial charge is 0.257 e. The molecule has 3 rings (SSSR count). The Kier molecular flexibility index (Phi) is 7.63. The van der Waals surface area contributed by atoms with Gasteiger partial charge in [0.15, 0.2) is 5.17 Å². The number of amidine groups is 1. The number of aliphatic imine (C=N–C) groups is 1. The second kappa shape index (κ2) is 10.2. The van der Waals surface area contributed by atoms with Gasteiger partial charge in [-0.1, -0.05) is 25.6 Å². The van der Waals surface area contributed by atoms with Crippen LogP contribution >= 0.6 is 11.8 Å². The van der Waals surface area contributed by atoms with E-state index in [1.54, 1.807) is 24.5 Å². The van der Waals surface area contributed by atoms with Gasteiger partial charge >= 0.3 is 0 Å². The number of nitrogens with zero attached hydrogens (tertiary/aromatic N) is 3. The fourth-order valence-corrected chi connectivity index (χ4v) is 5.72. The Bertz CT molecular complexity index is 987. The van der Waals surface area contributed by atoms with E-state index in [-0.39, 0.29) is 16.8 Å². The number of amides is 1. The van der Waals surface area contributed by atoms with Gasteiger partial charge in [-0.05, 0) is 54.8 Å². The van der Waals surface area contributed by atoms with Crippen molar-refractivity contribution in [3.8, 4) is 0 Å². The quantitative estimate of drug-likeness (QED) is 0.670.